The summed E-state index contributed by atoms with van der Waals surface area (Å²) in [5.41, 5.74) is -4.87. The molecule has 0 radical (unpaired) electrons. The van der Waals surface area contributed by atoms with Gasteiger partial charge in [0.1, 0.15) is 5.82 Å². The van der Waals surface area contributed by atoms with Crippen LogP contribution in [0.1, 0.15) is 11.1 Å². The van der Waals surface area contributed by atoms with E-state index in [1.165, 1.54) is 0 Å². The van der Waals surface area contributed by atoms with Crippen molar-refractivity contribution in [3.05, 3.63) is 29.1 Å². The van der Waals surface area contributed by atoms with Crippen LogP contribution in [-0.4, -0.2) is 13.0 Å². The molecule has 1 aromatic rings. The van der Waals surface area contributed by atoms with E-state index in [2.05, 4.69) is 0 Å². The lowest BCUT2D eigenvalue weighted by atomic mass is 10.1. The number of hydrogen-bond acceptors (Lipinski definition) is 2. The van der Waals surface area contributed by atoms with Crippen molar-refractivity contribution in [3.8, 4) is 0 Å². The predicted octanol–water partition coefficient (Wildman–Crippen LogP) is 3.11. The molecule has 0 saturated carbocycles. The summed E-state index contributed by atoms with van der Waals surface area (Å²) in [6, 6.07) is -0.834. The Morgan fingerprint density at radius 2 is 1.21 bits per heavy atom. The standard InChI is InChI=1S/C8H3F7O3S/c9-6-4(7(10,11)12)1-3(19(16,17)18)2-5(6)8(13,14)15/h1-2H,(H,16,17,18). The van der Waals surface area contributed by atoms with Gasteiger partial charge in [-0.05, 0) is 12.1 Å². The topological polar surface area (TPSA) is 54.4 Å². The van der Waals surface area contributed by atoms with Gasteiger partial charge in [0.05, 0.1) is 16.0 Å². The average Bonchev–Trinajstić information content (AvgIpc) is 2.11. The van der Waals surface area contributed by atoms with E-state index in [9.17, 15) is 39.2 Å². The Bertz CT molecular complexity index is 565. The molecule has 0 aliphatic carbocycles. The molecule has 0 bridgehead atoms. The van der Waals surface area contributed by atoms with Crippen molar-refractivity contribution in [2.45, 2.75) is 17.2 Å². The van der Waals surface area contributed by atoms with Crippen molar-refractivity contribution in [2.75, 3.05) is 0 Å². The summed E-state index contributed by atoms with van der Waals surface area (Å²) in [5, 5.41) is 0. The summed E-state index contributed by atoms with van der Waals surface area (Å²) in [5.74, 6) is -2.66. The van der Waals surface area contributed by atoms with Gasteiger partial charge in [0.15, 0.2) is 0 Å². The molecule has 3 nitrogen and oxygen atoms in total. The summed E-state index contributed by atoms with van der Waals surface area (Å²) in [6.07, 6.45) is -11.1. The van der Waals surface area contributed by atoms with Crippen LogP contribution in [0.4, 0.5) is 30.7 Å². The monoisotopic (exact) mass is 312 g/mol. The molecule has 0 spiro atoms. The Morgan fingerprint density at radius 3 is 1.42 bits per heavy atom. The largest absolute Gasteiger partial charge is 0.419 e. The molecule has 0 heterocycles. The summed E-state index contributed by atoms with van der Waals surface area (Å²) in [7, 11) is -5.35. The molecule has 0 aliphatic rings. The summed E-state index contributed by atoms with van der Waals surface area (Å²) >= 11 is 0. The second kappa shape index (κ2) is 4.34. The van der Waals surface area contributed by atoms with Crippen LogP contribution in [0.15, 0.2) is 17.0 Å². The SMILES string of the molecule is O=S(=O)(O)c1cc(C(F)(F)F)c(F)c(C(F)(F)F)c1. The minimum atomic E-state index is -5.55. The molecule has 108 valence electrons. The maximum atomic E-state index is 13.1. The second-order valence-corrected chi connectivity index (χ2v) is 4.72. The minimum Gasteiger partial charge on any atom is -0.282 e. The normalized spacial score (nSPS) is 13.7. The van der Waals surface area contributed by atoms with Gasteiger partial charge in [0, 0.05) is 0 Å². The second-order valence-electron chi connectivity index (χ2n) is 3.30. The van der Waals surface area contributed by atoms with Gasteiger partial charge >= 0.3 is 12.4 Å². The third-order valence-corrected chi connectivity index (χ3v) is 2.79. The highest BCUT2D eigenvalue weighted by Crippen LogP contribution is 2.39. The molecule has 0 saturated heterocycles. The maximum absolute atomic E-state index is 13.1. The zero-order valence-electron chi connectivity index (χ0n) is 8.47. The number of alkyl halides is 6. The van der Waals surface area contributed by atoms with Gasteiger partial charge in [0.2, 0.25) is 0 Å². The lowest BCUT2D eigenvalue weighted by Gasteiger charge is -2.14. The van der Waals surface area contributed by atoms with Crippen molar-refractivity contribution in [1.29, 1.82) is 0 Å². The van der Waals surface area contributed by atoms with Crippen molar-refractivity contribution in [3.63, 3.8) is 0 Å². The molecular formula is C8H3F7O3S. The Morgan fingerprint density at radius 1 is 0.895 bits per heavy atom. The first-order valence-electron chi connectivity index (χ1n) is 4.20. The van der Waals surface area contributed by atoms with Gasteiger partial charge < -0.3 is 0 Å². The smallest absolute Gasteiger partial charge is 0.282 e. The zero-order valence-corrected chi connectivity index (χ0v) is 9.29. The van der Waals surface area contributed by atoms with Crippen LogP contribution in [0.2, 0.25) is 0 Å². The van der Waals surface area contributed by atoms with E-state index in [0.717, 1.165) is 0 Å². The molecule has 11 heteroatoms. The maximum Gasteiger partial charge on any atom is 0.419 e. The van der Waals surface area contributed by atoms with E-state index in [1.54, 1.807) is 0 Å². The zero-order chi connectivity index (χ0) is 15.2. The minimum absolute atomic E-state index is 0.417. The molecule has 1 aromatic carbocycles. The molecule has 0 atom stereocenters. The fourth-order valence-electron chi connectivity index (χ4n) is 1.16. The van der Waals surface area contributed by atoms with Gasteiger partial charge in [-0.25, -0.2) is 4.39 Å². The first-order chi connectivity index (χ1) is 8.24. The Labute approximate surface area is 101 Å². The fraction of sp³-hybridized carbons (Fsp3) is 0.250. The lowest BCUT2D eigenvalue weighted by Crippen LogP contribution is -2.17. The number of benzene rings is 1. The average molecular weight is 312 g/mol. The van der Waals surface area contributed by atoms with Crippen molar-refractivity contribution in [1.82, 2.24) is 0 Å². The van der Waals surface area contributed by atoms with Crippen LogP contribution in [0.5, 0.6) is 0 Å². The highest BCUT2D eigenvalue weighted by atomic mass is 32.2. The number of halogens is 7. The third kappa shape index (κ3) is 3.35. The first kappa shape index (κ1) is 15.7. The van der Waals surface area contributed by atoms with Crippen LogP contribution in [0, 0.1) is 5.82 Å². The summed E-state index contributed by atoms with van der Waals surface area (Å²) < 4.78 is 117. The quantitative estimate of drug-likeness (QED) is 0.640. The molecule has 1 N–H and O–H groups in total. The van der Waals surface area contributed by atoms with E-state index >= 15 is 0 Å². The van der Waals surface area contributed by atoms with Crippen molar-refractivity contribution >= 4 is 10.1 Å². The van der Waals surface area contributed by atoms with Crippen molar-refractivity contribution < 1.29 is 43.7 Å². The third-order valence-electron chi connectivity index (χ3n) is 1.95. The Hall–Kier alpha value is -1.36. The van der Waals surface area contributed by atoms with Gasteiger partial charge in [-0.15, -0.1) is 0 Å². The van der Waals surface area contributed by atoms with Gasteiger partial charge in [-0.1, -0.05) is 0 Å². The first-order valence-corrected chi connectivity index (χ1v) is 5.64. The fourth-order valence-corrected chi connectivity index (χ4v) is 1.69. The highest BCUT2D eigenvalue weighted by Gasteiger charge is 2.43. The van der Waals surface area contributed by atoms with E-state index in [4.69, 9.17) is 4.55 Å². The van der Waals surface area contributed by atoms with Crippen LogP contribution in [0.25, 0.3) is 0 Å². The van der Waals surface area contributed by atoms with Crippen LogP contribution < -0.4 is 0 Å². The summed E-state index contributed by atoms with van der Waals surface area (Å²) in [4.78, 5) is -1.70. The highest BCUT2D eigenvalue weighted by molar-refractivity contribution is 7.85. The van der Waals surface area contributed by atoms with Crippen LogP contribution in [0.3, 0.4) is 0 Å². The van der Waals surface area contributed by atoms with E-state index in [-0.39, 0.29) is 0 Å². The van der Waals surface area contributed by atoms with Gasteiger partial charge in [-0.3, -0.25) is 4.55 Å². The lowest BCUT2D eigenvalue weighted by molar-refractivity contribution is -0.148. The van der Waals surface area contributed by atoms with Crippen molar-refractivity contribution in [2.24, 2.45) is 0 Å². The van der Waals surface area contributed by atoms with E-state index in [1.807, 2.05) is 0 Å². The molecule has 0 amide bonds. The molecule has 0 unspecified atom stereocenters. The predicted molar refractivity (Wildman–Crippen MR) is 46.2 cm³/mol. The van der Waals surface area contributed by atoms with Gasteiger partial charge in [-0.2, -0.15) is 34.8 Å². The van der Waals surface area contributed by atoms with E-state index < -0.39 is 56.4 Å². The molecular weight excluding hydrogens is 309 g/mol. The van der Waals surface area contributed by atoms with Crippen LogP contribution >= 0.6 is 0 Å². The number of hydrogen-bond donors (Lipinski definition) is 1. The Kier molecular flexibility index (Phi) is 3.58. The van der Waals surface area contributed by atoms with Gasteiger partial charge in [0.25, 0.3) is 10.1 Å². The summed E-state index contributed by atoms with van der Waals surface area (Å²) in [6.45, 7) is 0. The molecule has 1 rings (SSSR count). The number of rotatable bonds is 1. The molecule has 0 aromatic heterocycles. The molecule has 0 aliphatic heterocycles. The molecule has 19 heavy (non-hydrogen) atoms. The van der Waals surface area contributed by atoms with E-state index in [0.29, 0.717) is 0 Å². The molecule has 0 fully saturated rings. The Balaban J connectivity index is 3.78. The van der Waals surface area contributed by atoms with Crippen LogP contribution in [-0.2, 0) is 22.5 Å².